The second-order valence-corrected chi connectivity index (χ2v) is 10.6. The Balaban J connectivity index is 1.37. The van der Waals surface area contributed by atoms with Gasteiger partial charge in [-0.05, 0) is 56.9 Å². The lowest BCUT2D eigenvalue weighted by Crippen LogP contribution is -2.58. The Hall–Kier alpha value is -2.76. The zero-order valence-corrected chi connectivity index (χ0v) is 20.8. The van der Waals surface area contributed by atoms with E-state index in [2.05, 4.69) is 15.0 Å². The van der Waals surface area contributed by atoms with Gasteiger partial charge in [0.1, 0.15) is 6.04 Å². The molecule has 1 saturated carbocycles. The van der Waals surface area contributed by atoms with Gasteiger partial charge in [0.25, 0.3) is 0 Å². The quantitative estimate of drug-likeness (QED) is 0.543. The summed E-state index contributed by atoms with van der Waals surface area (Å²) in [5.41, 5.74) is 0.659. The number of methoxy groups -OCH3 is 1. The number of aromatic nitrogens is 1. The van der Waals surface area contributed by atoms with Crippen LogP contribution in [0.3, 0.4) is 0 Å². The van der Waals surface area contributed by atoms with E-state index in [1.165, 1.54) is 7.11 Å². The molecule has 2 fully saturated rings. The number of esters is 1. The van der Waals surface area contributed by atoms with Crippen LogP contribution in [0.25, 0.3) is 10.9 Å². The van der Waals surface area contributed by atoms with E-state index in [4.69, 9.17) is 9.47 Å². The molecule has 1 amide bonds. The van der Waals surface area contributed by atoms with Crippen molar-refractivity contribution in [2.24, 2.45) is 5.92 Å². The number of nitrogens with zero attached hydrogens (tertiary/aromatic N) is 2. The van der Waals surface area contributed by atoms with Crippen LogP contribution in [0.4, 0.5) is 0 Å². The van der Waals surface area contributed by atoms with Gasteiger partial charge in [-0.15, -0.1) is 0 Å². The van der Waals surface area contributed by atoms with Crippen LogP contribution in [0.2, 0.25) is 0 Å². The maximum Gasteiger partial charge on any atom is 0.329 e. The lowest BCUT2D eigenvalue weighted by atomic mass is 9.85. The Bertz CT molecular complexity index is 1180. The SMILES string of the molecule is CCOc1ccc2cc(S(=O)(=O)NC3CCC(C(=O)N4CCNCC4C(=O)OC)CC3)ccc2n1. The fourth-order valence-electron chi connectivity index (χ4n) is 4.78. The van der Waals surface area contributed by atoms with Gasteiger partial charge in [-0.2, -0.15) is 0 Å². The predicted octanol–water partition coefficient (Wildman–Crippen LogP) is 1.44. The first-order valence-corrected chi connectivity index (χ1v) is 13.5. The molecule has 1 atom stereocenters. The Morgan fingerprint density at radius 2 is 1.94 bits per heavy atom. The number of piperazine rings is 1. The van der Waals surface area contributed by atoms with E-state index < -0.39 is 22.0 Å². The molecule has 11 heteroatoms. The lowest BCUT2D eigenvalue weighted by molar-refractivity contribution is -0.156. The van der Waals surface area contributed by atoms with Crippen LogP contribution in [0.5, 0.6) is 5.88 Å². The Labute approximate surface area is 205 Å². The smallest absolute Gasteiger partial charge is 0.329 e. The lowest BCUT2D eigenvalue weighted by Gasteiger charge is -2.38. The second kappa shape index (κ2) is 10.9. The summed E-state index contributed by atoms with van der Waals surface area (Å²) in [7, 11) is -2.41. The summed E-state index contributed by atoms with van der Waals surface area (Å²) >= 11 is 0. The van der Waals surface area contributed by atoms with Crippen molar-refractivity contribution in [2.45, 2.75) is 49.6 Å². The molecule has 0 bridgehead atoms. The van der Waals surface area contributed by atoms with Gasteiger partial charge in [0.15, 0.2) is 0 Å². The summed E-state index contributed by atoms with van der Waals surface area (Å²) in [4.78, 5) is 31.4. The summed E-state index contributed by atoms with van der Waals surface area (Å²) in [5.74, 6) is -0.214. The number of fused-ring (bicyclic) bond motifs is 1. The molecular formula is C24H32N4O6S. The van der Waals surface area contributed by atoms with Crippen molar-refractivity contribution in [3.8, 4) is 5.88 Å². The van der Waals surface area contributed by atoms with E-state index in [0.717, 1.165) is 0 Å². The number of ether oxygens (including phenoxy) is 2. The molecule has 190 valence electrons. The first-order valence-electron chi connectivity index (χ1n) is 12.0. The highest BCUT2D eigenvalue weighted by atomic mass is 32.2. The molecule has 4 rings (SSSR count). The van der Waals surface area contributed by atoms with Crippen LogP contribution in [-0.4, -0.2) is 75.6 Å². The van der Waals surface area contributed by atoms with Gasteiger partial charge < -0.3 is 19.7 Å². The first-order chi connectivity index (χ1) is 16.8. The number of amides is 1. The van der Waals surface area contributed by atoms with Gasteiger partial charge >= 0.3 is 5.97 Å². The van der Waals surface area contributed by atoms with Gasteiger partial charge in [0.2, 0.25) is 21.8 Å². The zero-order chi connectivity index (χ0) is 25.0. The molecule has 2 N–H and O–H groups in total. The maximum atomic E-state index is 13.1. The number of pyridine rings is 1. The zero-order valence-electron chi connectivity index (χ0n) is 20.0. The van der Waals surface area contributed by atoms with Crippen LogP contribution < -0.4 is 14.8 Å². The van der Waals surface area contributed by atoms with Crippen molar-refractivity contribution in [2.75, 3.05) is 33.4 Å². The predicted molar refractivity (Wildman–Crippen MR) is 129 cm³/mol. The number of rotatable bonds is 7. The number of carbonyl (C=O) groups is 2. The van der Waals surface area contributed by atoms with E-state index >= 15 is 0 Å². The van der Waals surface area contributed by atoms with Crippen LogP contribution in [0, 0.1) is 5.92 Å². The summed E-state index contributed by atoms with van der Waals surface area (Å²) in [6.07, 6.45) is 2.23. The minimum absolute atomic E-state index is 0.0586. The van der Waals surface area contributed by atoms with Crippen molar-refractivity contribution in [3.05, 3.63) is 30.3 Å². The highest BCUT2D eigenvalue weighted by molar-refractivity contribution is 7.89. The van der Waals surface area contributed by atoms with E-state index in [-0.39, 0.29) is 22.8 Å². The molecule has 0 radical (unpaired) electrons. The summed E-state index contributed by atoms with van der Waals surface area (Å²) in [6.45, 7) is 3.84. The van der Waals surface area contributed by atoms with Gasteiger partial charge in [-0.1, -0.05) is 0 Å². The molecular weight excluding hydrogens is 472 g/mol. The molecule has 1 aliphatic carbocycles. The van der Waals surface area contributed by atoms with Crippen molar-refractivity contribution < 1.29 is 27.5 Å². The van der Waals surface area contributed by atoms with Gasteiger partial charge in [0, 0.05) is 43.0 Å². The monoisotopic (exact) mass is 504 g/mol. The molecule has 0 spiro atoms. The van der Waals surface area contributed by atoms with E-state index in [1.54, 1.807) is 35.2 Å². The minimum atomic E-state index is -3.73. The number of nitrogens with one attached hydrogen (secondary N) is 2. The first kappa shape index (κ1) is 25.3. The van der Waals surface area contributed by atoms with E-state index in [9.17, 15) is 18.0 Å². The minimum Gasteiger partial charge on any atom is -0.478 e. The van der Waals surface area contributed by atoms with Gasteiger partial charge in [0.05, 0.1) is 24.1 Å². The molecule has 35 heavy (non-hydrogen) atoms. The number of hydrogen-bond donors (Lipinski definition) is 2. The molecule has 2 aromatic rings. The van der Waals surface area contributed by atoms with Crippen molar-refractivity contribution in [1.82, 2.24) is 19.9 Å². The van der Waals surface area contributed by atoms with Gasteiger partial charge in [-0.3, -0.25) is 4.79 Å². The number of benzene rings is 1. The fourth-order valence-corrected chi connectivity index (χ4v) is 6.12. The molecule has 2 heterocycles. The van der Waals surface area contributed by atoms with E-state index in [1.807, 2.05) is 6.92 Å². The molecule has 10 nitrogen and oxygen atoms in total. The average Bonchev–Trinajstić information content (AvgIpc) is 2.88. The third-order valence-corrected chi connectivity index (χ3v) is 8.15. The topological polar surface area (TPSA) is 127 Å². The van der Waals surface area contributed by atoms with Crippen LogP contribution in [0.1, 0.15) is 32.6 Å². The van der Waals surface area contributed by atoms with Crippen LogP contribution in [-0.2, 0) is 24.3 Å². The summed E-state index contributed by atoms with van der Waals surface area (Å²) < 4.78 is 39.1. The molecule has 1 saturated heterocycles. The third kappa shape index (κ3) is 5.74. The number of carbonyl (C=O) groups excluding carboxylic acids is 2. The third-order valence-electron chi connectivity index (χ3n) is 6.64. The summed E-state index contributed by atoms with van der Waals surface area (Å²) in [6, 6.07) is 7.46. The van der Waals surface area contributed by atoms with Crippen molar-refractivity contribution in [1.29, 1.82) is 0 Å². The largest absolute Gasteiger partial charge is 0.478 e. The normalized spacial score (nSPS) is 23.1. The number of hydrogen-bond acceptors (Lipinski definition) is 8. The summed E-state index contributed by atoms with van der Waals surface area (Å²) in [5, 5.41) is 3.83. The van der Waals surface area contributed by atoms with Crippen LogP contribution >= 0.6 is 0 Å². The highest BCUT2D eigenvalue weighted by Crippen LogP contribution is 2.29. The average molecular weight is 505 g/mol. The molecule has 2 aliphatic rings. The van der Waals surface area contributed by atoms with Crippen LogP contribution in [0.15, 0.2) is 35.2 Å². The molecule has 1 aliphatic heterocycles. The standard InChI is InChI=1S/C24H32N4O6S/c1-3-34-22-11-6-17-14-19(9-10-20(17)26-22)35(31,32)27-18-7-4-16(5-8-18)23(29)28-13-12-25-15-21(28)24(30)33-2/h6,9-11,14,16,18,21,25,27H,3-5,7-8,12-13,15H2,1-2H3. The fraction of sp³-hybridized carbons (Fsp3) is 0.542. The Kier molecular flexibility index (Phi) is 7.88. The molecule has 1 unspecified atom stereocenters. The van der Waals surface area contributed by atoms with E-state index in [0.29, 0.717) is 68.7 Å². The number of sulfonamides is 1. The highest BCUT2D eigenvalue weighted by Gasteiger charge is 2.38. The second-order valence-electron chi connectivity index (χ2n) is 8.88. The van der Waals surface area contributed by atoms with Gasteiger partial charge in [-0.25, -0.2) is 22.9 Å². The molecule has 1 aromatic carbocycles. The van der Waals surface area contributed by atoms with Crippen molar-refractivity contribution >= 4 is 32.8 Å². The maximum absolute atomic E-state index is 13.1. The Morgan fingerprint density at radius 1 is 1.17 bits per heavy atom. The molecule has 1 aromatic heterocycles. The van der Waals surface area contributed by atoms with Crippen molar-refractivity contribution in [3.63, 3.8) is 0 Å². The Morgan fingerprint density at radius 3 is 2.66 bits per heavy atom.